The highest BCUT2D eigenvalue weighted by Crippen LogP contribution is 2.57. The van der Waals surface area contributed by atoms with Gasteiger partial charge in [0.15, 0.2) is 0 Å². The van der Waals surface area contributed by atoms with Crippen LogP contribution in [-0.2, 0) is 16.9 Å². The molecular formula is C29H26Cl2N2O5S. The molecule has 2 aromatic carbocycles. The molecule has 2 bridgehead atoms. The van der Waals surface area contributed by atoms with E-state index in [2.05, 4.69) is 5.16 Å². The number of halogens is 2. The van der Waals surface area contributed by atoms with E-state index in [0.29, 0.717) is 38.8 Å². The second-order valence-corrected chi connectivity index (χ2v) is 12.8. The highest BCUT2D eigenvalue weighted by molar-refractivity contribution is 7.18. The van der Waals surface area contributed by atoms with Crippen LogP contribution in [0, 0.1) is 11.8 Å². The maximum atomic E-state index is 12.0. The van der Waals surface area contributed by atoms with Gasteiger partial charge in [0.2, 0.25) is 0 Å². The fourth-order valence-corrected chi connectivity index (χ4v) is 8.30. The molecule has 0 saturated heterocycles. The highest BCUT2D eigenvalue weighted by Gasteiger charge is 2.56. The maximum Gasteiger partial charge on any atom is 0.335 e. The lowest BCUT2D eigenvalue weighted by Crippen LogP contribution is -2.44. The third kappa shape index (κ3) is 4.28. The molecule has 2 heterocycles. The van der Waals surface area contributed by atoms with E-state index in [1.807, 2.05) is 6.07 Å². The van der Waals surface area contributed by atoms with Crippen LogP contribution in [0.4, 0.5) is 0 Å². The van der Waals surface area contributed by atoms with Gasteiger partial charge in [-0.2, -0.15) is 0 Å². The van der Waals surface area contributed by atoms with Gasteiger partial charge in [-0.1, -0.05) is 34.4 Å². The molecule has 2 unspecified atom stereocenters. The average molecular weight is 586 g/mol. The highest BCUT2D eigenvalue weighted by atomic mass is 35.5. The minimum Gasteiger partial charge on any atom is -0.478 e. The van der Waals surface area contributed by atoms with Gasteiger partial charge >= 0.3 is 5.97 Å². The minimum atomic E-state index is -1.03. The summed E-state index contributed by atoms with van der Waals surface area (Å²) < 4.78 is 13.1. The van der Waals surface area contributed by atoms with Crippen molar-refractivity contribution in [2.45, 2.75) is 62.8 Å². The van der Waals surface area contributed by atoms with E-state index in [0.717, 1.165) is 60.1 Å². The van der Waals surface area contributed by atoms with Gasteiger partial charge in [0.05, 0.1) is 38.5 Å². The number of carboxylic acids is 1. The summed E-state index contributed by atoms with van der Waals surface area (Å²) >= 11 is 14.4. The lowest BCUT2D eigenvalue weighted by Gasteiger charge is -2.41. The van der Waals surface area contributed by atoms with Gasteiger partial charge < -0.3 is 19.5 Å². The molecule has 0 spiro atoms. The second-order valence-electron chi connectivity index (χ2n) is 11.0. The Kier molecular flexibility index (Phi) is 6.25. The van der Waals surface area contributed by atoms with Crippen LogP contribution in [0.3, 0.4) is 0 Å². The zero-order valence-electron chi connectivity index (χ0n) is 20.9. The molecule has 7 rings (SSSR count). The quantitative estimate of drug-likeness (QED) is 0.232. The fraction of sp³-hybridized carbons (Fsp3) is 0.414. The standard InChI is InChI=1S/C29H26Cl2N2O5S/c30-20-2-1-3-21(31)24(20)25-19(26(38-33-25)14-4-5-14)13-37-18-11-16-7-8-17(12-18)29(16,36)28-32-22-9-6-15(27(34)35)10-23(22)39-28/h1-3,6,9-10,14,16-18,36H,4-5,7-8,11-13H2,(H,34,35)/t16-,17+,18?,29?. The molecule has 0 amide bonds. The molecule has 2 aromatic heterocycles. The van der Waals surface area contributed by atoms with Crippen LogP contribution in [0.5, 0.6) is 0 Å². The number of carbonyl (C=O) groups is 1. The number of benzene rings is 2. The molecule has 3 fully saturated rings. The van der Waals surface area contributed by atoms with Crippen molar-refractivity contribution >= 4 is 50.7 Å². The molecule has 10 heteroatoms. The molecule has 3 saturated carbocycles. The van der Waals surface area contributed by atoms with Crippen molar-refractivity contribution in [1.29, 1.82) is 0 Å². The molecule has 39 heavy (non-hydrogen) atoms. The summed E-state index contributed by atoms with van der Waals surface area (Å²) in [6.45, 7) is 0.341. The smallest absolute Gasteiger partial charge is 0.335 e. The summed E-state index contributed by atoms with van der Waals surface area (Å²) in [6, 6.07) is 10.3. The first kappa shape index (κ1) is 25.5. The lowest BCUT2D eigenvalue weighted by atomic mass is 9.73. The molecule has 3 aliphatic carbocycles. The zero-order chi connectivity index (χ0) is 26.9. The molecule has 0 radical (unpaired) electrons. The van der Waals surface area contributed by atoms with Crippen molar-refractivity contribution in [3.63, 3.8) is 0 Å². The van der Waals surface area contributed by atoms with Crippen molar-refractivity contribution in [3.8, 4) is 11.3 Å². The van der Waals surface area contributed by atoms with E-state index in [-0.39, 0.29) is 23.5 Å². The number of hydrogen-bond donors (Lipinski definition) is 2. The van der Waals surface area contributed by atoms with Crippen LogP contribution in [0.1, 0.15) is 71.1 Å². The molecule has 202 valence electrons. The van der Waals surface area contributed by atoms with Crippen molar-refractivity contribution < 1.29 is 24.3 Å². The van der Waals surface area contributed by atoms with Gasteiger partial charge in [-0.25, -0.2) is 9.78 Å². The van der Waals surface area contributed by atoms with Gasteiger partial charge in [-0.15, -0.1) is 11.3 Å². The Morgan fingerprint density at radius 1 is 1.10 bits per heavy atom. The third-order valence-electron chi connectivity index (χ3n) is 8.61. The third-order valence-corrected chi connectivity index (χ3v) is 10.4. The van der Waals surface area contributed by atoms with Crippen LogP contribution < -0.4 is 0 Å². The van der Waals surface area contributed by atoms with Gasteiger partial charge in [-0.05, 0) is 80.7 Å². The minimum absolute atomic E-state index is 0.0172. The zero-order valence-corrected chi connectivity index (χ0v) is 23.2. The number of hydrogen-bond acceptors (Lipinski definition) is 7. The van der Waals surface area contributed by atoms with Crippen LogP contribution in [0.2, 0.25) is 10.0 Å². The monoisotopic (exact) mass is 584 g/mol. The molecule has 4 atom stereocenters. The predicted octanol–water partition coefficient (Wildman–Crippen LogP) is 7.43. The summed E-state index contributed by atoms with van der Waals surface area (Å²) in [4.78, 5) is 16.2. The van der Waals surface area contributed by atoms with Crippen molar-refractivity contribution in [1.82, 2.24) is 10.1 Å². The molecule has 2 N–H and O–H groups in total. The first-order valence-corrected chi connectivity index (χ1v) is 14.8. The number of ether oxygens (including phenoxy) is 1. The van der Waals surface area contributed by atoms with Crippen LogP contribution in [-0.4, -0.2) is 32.4 Å². The molecular weight excluding hydrogens is 559 g/mol. The largest absolute Gasteiger partial charge is 0.478 e. The number of fused-ring (bicyclic) bond motifs is 3. The summed E-state index contributed by atoms with van der Waals surface area (Å²) in [5.74, 6) is 0.263. The van der Waals surface area contributed by atoms with E-state index >= 15 is 0 Å². The lowest BCUT2D eigenvalue weighted by molar-refractivity contribution is -0.116. The Labute approximate surface area is 238 Å². The number of carboxylic acid groups (broad SMARTS) is 1. The molecule has 0 aliphatic heterocycles. The maximum absolute atomic E-state index is 12.0. The van der Waals surface area contributed by atoms with Crippen molar-refractivity contribution in [2.75, 3.05) is 0 Å². The Balaban J connectivity index is 1.13. The number of thiazole rings is 1. The Bertz CT molecular complexity index is 1560. The van der Waals surface area contributed by atoms with Gasteiger partial charge in [0, 0.05) is 17.0 Å². The Morgan fingerprint density at radius 2 is 1.82 bits per heavy atom. The number of nitrogens with zero attached hydrogens (tertiary/aromatic N) is 2. The van der Waals surface area contributed by atoms with Gasteiger partial charge in [-0.3, -0.25) is 0 Å². The van der Waals surface area contributed by atoms with Crippen molar-refractivity contribution in [2.24, 2.45) is 11.8 Å². The molecule has 4 aromatic rings. The van der Waals surface area contributed by atoms with E-state index in [9.17, 15) is 15.0 Å². The summed E-state index contributed by atoms with van der Waals surface area (Å²) in [6.07, 6.45) is 5.35. The van der Waals surface area contributed by atoms with Crippen LogP contribution in [0.15, 0.2) is 40.9 Å². The second kappa shape index (κ2) is 9.56. The normalized spacial score (nSPS) is 26.4. The molecule has 3 aliphatic rings. The van der Waals surface area contributed by atoms with E-state index in [1.165, 1.54) is 11.3 Å². The first-order valence-electron chi connectivity index (χ1n) is 13.2. The number of aromatic carboxylic acids is 1. The average Bonchev–Trinajstić information content (AvgIpc) is 3.49. The number of rotatable bonds is 7. The Hall–Kier alpha value is -2.49. The number of aliphatic hydroxyl groups is 1. The van der Waals surface area contributed by atoms with E-state index in [1.54, 1.807) is 30.3 Å². The fourth-order valence-electron chi connectivity index (χ4n) is 6.47. The number of aromatic nitrogens is 2. The topological polar surface area (TPSA) is 106 Å². The summed E-state index contributed by atoms with van der Waals surface area (Å²) in [5, 5.41) is 27.4. The van der Waals surface area contributed by atoms with E-state index in [4.69, 9.17) is 37.4 Å². The summed E-state index contributed by atoms with van der Waals surface area (Å²) in [7, 11) is 0. The van der Waals surface area contributed by atoms with Crippen LogP contribution >= 0.6 is 34.5 Å². The van der Waals surface area contributed by atoms with E-state index < -0.39 is 11.6 Å². The van der Waals surface area contributed by atoms with Crippen LogP contribution in [0.25, 0.3) is 21.5 Å². The molecule has 7 nitrogen and oxygen atoms in total. The SMILES string of the molecule is O=C(O)c1ccc2nc(C3(O)[C@@H]4CC[C@H]3CC(OCc3c(-c5c(Cl)cccc5Cl)noc3C3CC3)C4)sc2c1. The van der Waals surface area contributed by atoms with Crippen molar-refractivity contribution in [3.05, 3.63) is 68.3 Å². The van der Waals surface area contributed by atoms with Gasteiger partial charge in [0.25, 0.3) is 0 Å². The summed E-state index contributed by atoms with van der Waals surface area (Å²) in [5.41, 5.74) is 2.12. The Morgan fingerprint density at radius 3 is 2.49 bits per heavy atom. The first-order chi connectivity index (χ1) is 18.8. The predicted molar refractivity (Wildman–Crippen MR) is 148 cm³/mol. The van der Waals surface area contributed by atoms with Gasteiger partial charge in [0.1, 0.15) is 22.1 Å².